The molecule has 1 N–H and O–H groups in total. The van der Waals surface area contributed by atoms with E-state index < -0.39 is 11.5 Å². The van der Waals surface area contributed by atoms with Gasteiger partial charge < -0.3 is 9.67 Å². The highest BCUT2D eigenvalue weighted by molar-refractivity contribution is 5.86. The number of fused-ring (bicyclic) bond motifs is 1. The topological polar surface area (TPSA) is 55.1 Å². The molecule has 2 aromatic carbocycles. The lowest BCUT2D eigenvalue weighted by Gasteiger charge is -2.25. The zero-order chi connectivity index (χ0) is 15.9. The van der Waals surface area contributed by atoms with E-state index in [2.05, 4.69) is 4.98 Å². The fourth-order valence-corrected chi connectivity index (χ4v) is 2.67. The Labute approximate surface area is 129 Å². The number of aliphatic carboxylic acids is 1. The summed E-state index contributed by atoms with van der Waals surface area (Å²) in [5.74, 6) is -0.207. The standard InChI is InChI=1S/C18H18N2O2/c1-12-7-6-8-13(11-12)16-19-14-9-4-5-10-15(14)20(16)18(2,3)17(21)22/h4-11H,1-3H3,(H,21,22). The molecule has 0 saturated carbocycles. The van der Waals surface area contributed by atoms with Crippen molar-refractivity contribution in [2.24, 2.45) is 0 Å². The third-order valence-corrected chi connectivity index (χ3v) is 3.92. The van der Waals surface area contributed by atoms with Crippen LogP contribution in [0.4, 0.5) is 0 Å². The number of rotatable bonds is 3. The minimum atomic E-state index is -1.09. The highest BCUT2D eigenvalue weighted by Gasteiger charge is 2.33. The maximum Gasteiger partial charge on any atom is 0.329 e. The Balaban J connectivity index is 2.37. The van der Waals surface area contributed by atoms with Crippen LogP contribution in [0, 0.1) is 6.92 Å². The van der Waals surface area contributed by atoms with Crippen LogP contribution in [-0.4, -0.2) is 20.6 Å². The van der Waals surface area contributed by atoms with Crippen molar-refractivity contribution in [3.8, 4) is 11.4 Å². The second-order valence-corrected chi connectivity index (χ2v) is 5.99. The van der Waals surface area contributed by atoms with E-state index in [4.69, 9.17) is 0 Å². The van der Waals surface area contributed by atoms with Crippen molar-refractivity contribution in [3.05, 3.63) is 54.1 Å². The van der Waals surface area contributed by atoms with Crippen molar-refractivity contribution in [2.45, 2.75) is 26.3 Å². The molecule has 3 rings (SSSR count). The van der Waals surface area contributed by atoms with Crippen molar-refractivity contribution >= 4 is 17.0 Å². The van der Waals surface area contributed by atoms with E-state index in [1.54, 1.807) is 18.4 Å². The molecule has 0 amide bonds. The van der Waals surface area contributed by atoms with Gasteiger partial charge in [-0.25, -0.2) is 9.78 Å². The molecule has 22 heavy (non-hydrogen) atoms. The molecule has 1 aromatic heterocycles. The number of aryl methyl sites for hydroxylation is 1. The average Bonchev–Trinajstić information content (AvgIpc) is 2.87. The van der Waals surface area contributed by atoms with Gasteiger partial charge in [0.25, 0.3) is 0 Å². The fraction of sp³-hybridized carbons (Fsp3) is 0.222. The van der Waals surface area contributed by atoms with Crippen LogP contribution in [0.2, 0.25) is 0 Å². The zero-order valence-electron chi connectivity index (χ0n) is 12.9. The summed E-state index contributed by atoms with van der Waals surface area (Å²) >= 11 is 0. The van der Waals surface area contributed by atoms with E-state index in [9.17, 15) is 9.90 Å². The van der Waals surface area contributed by atoms with Crippen LogP contribution >= 0.6 is 0 Å². The monoisotopic (exact) mass is 294 g/mol. The first-order valence-corrected chi connectivity index (χ1v) is 7.19. The molecule has 0 unspecified atom stereocenters. The van der Waals surface area contributed by atoms with Gasteiger partial charge in [-0.15, -0.1) is 0 Å². The van der Waals surface area contributed by atoms with Crippen molar-refractivity contribution in [3.63, 3.8) is 0 Å². The number of hydrogen-bond acceptors (Lipinski definition) is 2. The summed E-state index contributed by atoms with van der Waals surface area (Å²) in [4.78, 5) is 16.4. The van der Waals surface area contributed by atoms with Crippen molar-refractivity contribution in [1.82, 2.24) is 9.55 Å². The summed E-state index contributed by atoms with van der Waals surface area (Å²) in [6.45, 7) is 5.41. The summed E-state index contributed by atoms with van der Waals surface area (Å²) < 4.78 is 1.80. The summed E-state index contributed by atoms with van der Waals surface area (Å²) in [6.07, 6.45) is 0. The summed E-state index contributed by atoms with van der Waals surface area (Å²) in [5, 5.41) is 9.65. The van der Waals surface area contributed by atoms with E-state index in [1.165, 1.54) is 0 Å². The SMILES string of the molecule is Cc1cccc(-c2nc3ccccc3n2C(C)(C)C(=O)O)c1. The van der Waals surface area contributed by atoms with Crippen LogP contribution in [0.3, 0.4) is 0 Å². The quantitative estimate of drug-likeness (QED) is 0.798. The van der Waals surface area contributed by atoms with Gasteiger partial charge in [-0.3, -0.25) is 0 Å². The van der Waals surface area contributed by atoms with Crippen LogP contribution in [0.1, 0.15) is 19.4 Å². The number of imidazole rings is 1. The number of para-hydroxylation sites is 2. The minimum Gasteiger partial charge on any atom is -0.480 e. The highest BCUT2D eigenvalue weighted by atomic mass is 16.4. The second-order valence-electron chi connectivity index (χ2n) is 5.99. The lowest BCUT2D eigenvalue weighted by Crippen LogP contribution is -2.36. The van der Waals surface area contributed by atoms with Gasteiger partial charge >= 0.3 is 5.97 Å². The first-order valence-electron chi connectivity index (χ1n) is 7.19. The number of hydrogen-bond donors (Lipinski definition) is 1. The molecule has 4 nitrogen and oxygen atoms in total. The number of carboxylic acid groups (broad SMARTS) is 1. The first kappa shape index (κ1) is 14.3. The summed E-state index contributed by atoms with van der Waals surface area (Å²) in [7, 11) is 0. The van der Waals surface area contributed by atoms with Gasteiger partial charge in [-0.1, -0.05) is 35.9 Å². The smallest absolute Gasteiger partial charge is 0.329 e. The van der Waals surface area contributed by atoms with E-state index >= 15 is 0 Å². The maximum absolute atomic E-state index is 11.8. The van der Waals surface area contributed by atoms with Crippen LogP contribution in [0.15, 0.2) is 48.5 Å². The van der Waals surface area contributed by atoms with E-state index in [0.29, 0.717) is 5.82 Å². The largest absolute Gasteiger partial charge is 0.480 e. The molecule has 0 saturated heterocycles. The van der Waals surface area contributed by atoms with Gasteiger partial charge in [0.15, 0.2) is 0 Å². The zero-order valence-corrected chi connectivity index (χ0v) is 12.9. The Bertz CT molecular complexity index is 862. The summed E-state index contributed by atoms with van der Waals surface area (Å²) in [5.41, 5.74) is 2.57. The minimum absolute atomic E-state index is 0.678. The second kappa shape index (κ2) is 4.98. The fourth-order valence-electron chi connectivity index (χ4n) is 2.67. The molecular formula is C18H18N2O2. The molecule has 0 bridgehead atoms. The normalized spacial score (nSPS) is 11.8. The molecule has 0 aliphatic heterocycles. The Kier molecular flexibility index (Phi) is 3.24. The number of aromatic nitrogens is 2. The predicted octanol–water partition coefficient (Wildman–Crippen LogP) is 3.83. The lowest BCUT2D eigenvalue weighted by atomic mass is 10.0. The predicted molar refractivity (Wildman–Crippen MR) is 86.9 cm³/mol. The lowest BCUT2D eigenvalue weighted by molar-refractivity contribution is -0.145. The van der Waals surface area contributed by atoms with Gasteiger partial charge in [-0.05, 0) is 39.0 Å². The van der Waals surface area contributed by atoms with Crippen molar-refractivity contribution in [1.29, 1.82) is 0 Å². The van der Waals surface area contributed by atoms with Crippen molar-refractivity contribution in [2.75, 3.05) is 0 Å². The van der Waals surface area contributed by atoms with Crippen LogP contribution in [-0.2, 0) is 10.3 Å². The molecule has 0 aliphatic rings. The number of carbonyl (C=O) groups is 1. The van der Waals surface area contributed by atoms with Crippen LogP contribution in [0.5, 0.6) is 0 Å². The van der Waals surface area contributed by atoms with Gasteiger partial charge in [0.2, 0.25) is 0 Å². The average molecular weight is 294 g/mol. The van der Waals surface area contributed by atoms with Crippen LogP contribution in [0.25, 0.3) is 22.4 Å². The number of benzene rings is 2. The van der Waals surface area contributed by atoms with E-state index in [0.717, 1.165) is 22.2 Å². The van der Waals surface area contributed by atoms with E-state index in [1.807, 2.05) is 55.5 Å². The molecule has 0 radical (unpaired) electrons. The third-order valence-electron chi connectivity index (χ3n) is 3.92. The Morgan fingerprint density at radius 1 is 1.14 bits per heavy atom. The first-order chi connectivity index (χ1) is 10.4. The van der Waals surface area contributed by atoms with Gasteiger partial charge in [-0.2, -0.15) is 0 Å². The molecule has 0 fully saturated rings. The maximum atomic E-state index is 11.8. The highest BCUT2D eigenvalue weighted by Crippen LogP contribution is 2.31. The molecule has 4 heteroatoms. The third kappa shape index (κ3) is 2.17. The molecule has 112 valence electrons. The van der Waals surface area contributed by atoms with Crippen molar-refractivity contribution < 1.29 is 9.90 Å². The molecule has 1 heterocycles. The number of nitrogens with zero attached hydrogens (tertiary/aromatic N) is 2. The van der Waals surface area contributed by atoms with Crippen LogP contribution < -0.4 is 0 Å². The Hall–Kier alpha value is -2.62. The Morgan fingerprint density at radius 2 is 1.86 bits per heavy atom. The molecular weight excluding hydrogens is 276 g/mol. The number of carboxylic acids is 1. The molecule has 0 spiro atoms. The molecule has 0 aliphatic carbocycles. The molecule has 0 atom stereocenters. The van der Waals surface area contributed by atoms with Gasteiger partial charge in [0, 0.05) is 5.56 Å². The molecule has 3 aromatic rings. The van der Waals surface area contributed by atoms with Gasteiger partial charge in [0.05, 0.1) is 11.0 Å². The Morgan fingerprint density at radius 3 is 2.55 bits per heavy atom. The summed E-state index contributed by atoms with van der Waals surface area (Å²) in [6, 6.07) is 15.6. The van der Waals surface area contributed by atoms with Gasteiger partial charge in [0.1, 0.15) is 11.4 Å². The van der Waals surface area contributed by atoms with E-state index in [-0.39, 0.29) is 0 Å².